The average Bonchev–Trinajstić information content (AvgIpc) is 3.72. The van der Waals surface area contributed by atoms with Crippen LogP contribution in [0.2, 0.25) is 0 Å². The van der Waals surface area contributed by atoms with E-state index in [0.717, 1.165) is 60.9 Å². The highest BCUT2D eigenvalue weighted by atomic mass is 32.2. The molecule has 15 heteroatoms. The number of likely N-dealkylation sites (tertiary alicyclic amines) is 1. The van der Waals surface area contributed by atoms with Crippen molar-refractivity contribution in [2.75, 3.05) is 42.6 Å². The number of aromatic nitrogens is 2. The van der Waals surface area contributed by atoms with Crippen LogP contribution in [0.3, 0.4) is 0 Å². The first-order valence-corrected chi connectivity index (χ1v) is 17.1. The van der Waals surface area contributed by atoms with Crippen LogP contribution in [-0.2, 0) is 24.1 Å². The summed E-state index contributed by atoms with van der Waals surface area (Å²) in [6, 6.07) is 5.87. The van der Waals surface area contributed by atoms with Crippen LogP contribution in [0.1, 0.15) is 55.7 Å². The lowest BCUT2D eigenvalue weighted by atomic mass is 10.1. The maximum atomic E-state index is 13.6. The molecule has 0 saturated carbocycles. The van der Waals surface area contributed by atoms with Gasteiger partial charge in [0, 0.05) is 44.2 Å². The smallest absolute Gasteiger partial charge is 0.423 e. The Labute approximate surface area is 269 Å². The van der Waals surface area contributed by atoms with Crippen molar-refractivity contribution in [1.82, 2.24) is 30.6 Å². The topological polar surface area (TPSA) is 123 Å². The Morgan fingerprint density at radius 2 is 1.96 bits per heavy atom. The SMILES string of the molecule is CCCCC(CNC(=O)CN1CCC(Oc2ccc3c(c2)CN(c2cn[nH]c(=O)c2C(F)(F)F)C3)CC1)N1C(=O)N[C@H]2CSC[C@H]21. The van der Waals surface area contributed by atoms with E-state index in [2.05, 4.69) is 27.6 Å². The van der Waals surface area contributed by atoms with Gasteiger partial charge in [0.15, 0.2) is 0 Å². The number of nitrogens with one attached hydrogen (secondary N) is 3. The van der Waals surface area contributed by atoms with Crippen molar-refractivity contribution in [3.05, 3.63) is 51.4 Å². The van der Waals surface area contributed by atoms with Crippen LogP contribution in [0.4, 0.5) is 23.7 Å². The molecule has 6 rings (SSSR count). The highest BCUT2D eigenvalue weighted by Crippen LogP contribution is 2.38. The molecule has 250 valence electrons. The lowest BCUT2D eigenvalue weighted by Crippen LogP contribution is -2.51. The summed E-state index contributed by atoms with van der Waals surface area (Å²) in [4.78, 5) is 43.2. The molecule has 1 unspecified atom stereocenters. The van der Waals surface area contributed by atoms with Gasteiger partial charge in [-0.25, -0.2) is 9.89 Å². The van der Waals surface area contributed by atoms with Gasteiger partial charge in [0.05, 0.1) is 36.6 Å². The molecule has 5 heterocycles. The summed E-state index contributed by atoms with van der Waals surface area (Å²) < 4.78 is 47.0. The largest absolute Gasteiger partial charge is 0.490 e. The van der Waals surface area contributed by atoms with Gasteiger partial charge in [-0.15, -0.1) is 0 Å². The van der Waals surface area contributed by atoms with Gasteiger partial charge >= 0.3 is 12.2 Å². The fourth-order valence-corrected chi connectivity index (χ4v) is 8.27. The molecule has 3 saturated heterocycles. The second kappa shape index (κ2) is 13.7. The van der Waals surface area contributed by atoms with Crippen LogP contribution in [0.15, 0.2) is 29.2 Å². The number of piperidine rings is 1. The number of nitrogens with zero attached hydrogens (tertiary/aromatic N) is 4. The van der Waals surface area contributed by atoms with Crippen molar-refractivity contribution in [1.29, 1.82) is 0 Å². The van der Waals surface area contributed by atoms with Gasteiger partial charge in [-0.05, 0) is 42.5 Å². The van der Waals surface area contributed by atoms with Crippen LogP contribution in [-0.4, -0.2) is 93.8 Å². The Morgan fingerprint density at radius 1 is 1.17 bits per heavy atom. The number of unbranched alkanes of at least 4 members (excludes halogenated alkanes) is 1. The monoisotopic (exact) mass is 663 g/mol. The number of alkyl halides is 3. The third-order valence-electron chi connectivity index (χ3n) is 9.34. The highest BCUT2D eigenvalue weighted by molar-refractivity contribution is 7.99. The fourth-order valence-electron chi connectivity index (χ4n) is 6.94. The van der Waals surface area contributed by atoms with Crippen LogP contribution in [0, 0.1) is 0 Å². The number of halogens is 3. The molecular formula is C31H40F3N7O4S. The van der Waals surface area contributed by atoms with Crippen molar-refractivity contribution in [3.8, 4) is 5.75 Å². The van der Waals surface area contributed by atoms with Crippen LogP contribution in [0.25, 0.3) is 0 Å². The number of aromatic amines is 1. The molecular weight excluding hydrogens is 623 g/mol. The molecule has 4 aliphatic heterocycles. The van der Waals surface area contributed by atoms with Crippen molar-refractivity contribution in [3.63, 3.8) is 0 Å². The first-order valence-electron chi connectivity index (χ1n) is 15.9. The normalized spacial score (nSPS) is 22.5. The number of carbonyl (C=O) groups is 2. The van der Waals surface area contributed by atoms with E-state index in [0.29, 0.717) is 25.4 Å². The molecule has 0 radical (unpaired) electrons. The van der Waals surface area contributed by atoms with E-state index in [1.165, 1.54) is 4.90 Å². The second-order valence-electron chi connectivity index (χ2n) is 12.5. The predicted octanol–water partition coefficient (Wildman–Crippen LogP) is 3.34. The fraction of sp³-hybridized carbons (Fsp3) is 0.613. The standard InChI is InChI=1S/C31H40F3N7O4S/c1-2-3-4-21(41-26-18-46-17-24(26)37-30(41)44)12-35-27(42)16-39-9-7-22(8-10-39)45-23-6-5-19-14-40(15-20(19)11-23)25-13-36-38-29(43)28(25)31(32,33)34/h5-6,11,13,21-22,24,26H,2-4,7-10,12,14-18H2,1H3,(H,35,42)(H,37,44)(H,38,43)/t21?,24-,26+/m0/s1. The number of carbonyl (C=O) groups excluding carboxylic acids is 2. The Hall–Kier alpha value is -3.46. The van der Waals surface area contributed by atoms with Crippen LogP contribution < -0.4 is 25.8 Å². The van der Waals surface area contributed by atoms with Crippen molar-refractivity contribution < 1.29 is 27.5 Å². The number of hydrogen-bond donors (Lipinski definition) is 3. The van der Waals surface area contributed by atoms with Gasteiger partial charge < -0.3 is 25.2 Å². The maximum Gasteiger partial charge on any atom is 0.423 e. The Kier molecular flexibility index (Phi) is 9.69. The lowest BCUT2D eigenvalue weighted by molar-refractivity contribution is -0.138. The number of anilines is 1. The quantitative estimate of drug-likeness (QED) is 0.313. The summed E-state index contributed by atoms with van der Waals surface area (Å²) in [5, 5.41) is 11.7. The number of rotatable bonds is 11. The molecule has 0 aliphatic carbocycles. The second-order valence-corrected chi connectivity index (χ2v) is 13.6. The third-order valence-corrected chi connectivity index (χ3v) is 10.5. The van der Waals surface area contributed by atoms with Crippen LogP contribution in [0.5, 0.6) is 5.75 Å². The summed E-state index contributed by atoms with van der Waals surface area (Å²) in [5.41, 5.74) is -1.05. The van der Waals surface area contributed by atoms with Gasteiger partial charge in [0.25, 0.3) is 5.56 Å². The zero-order chi connectivity index (χ0) is 32.4. The van der Waals surface area contributed by atoms with Gasteiger partial charge in [-0.1, -0.05) is 25.8 Å². The molecule has 3 atom stereocenters. The molecule has 1 aromatic carbocycles. The number of benzene rings is 1. The molecule has 3 N–H and O–H groups in total. The number of hydrogen-bond acceptors (Lipinski definition) is 8. The predicted molar refractivity (Wildman–Crippen MR) is 168 cm³/mol. The molecule has 46 heavy (non-hydrogen) atoms. The van der Waals surface area contributed by atoms with Crippen LogP contribution >= 0.6 is 11.8 Å². The van der Waals surface area contributed by atoms with Gasteiger partial charge in [-0.2, -0.15) is 30.0 Å². The molecule has 4 aliphatic rings. The van der Waals surface area contributed by atoms with E-state index in [1.54, 1.807) is 0 Å². The molecule has 11 nitrogen and oxygen atoms in total. The van der Waals surface area contributed by atoms with E-state index < -0.39 is 17.3 Å². The molecule has 2 aromatic rings. The van der Waals surface area contributed by atoms with Crippen molar-refractivity contribution in [2.24, 2.45) is 0 Å². The summed E-state index contributed by atoms with van der Waals surface area (Å²) >= 11 is 1.86. The maximum absolute atomic E-state index is 13.6. The third kappa shape index (κ3) is 7.09. The van der Waals surface area contributed by atoms with Gasteiger partial charge in [-0.3, -0.25) is 14.5 Å². The summed E-state index contributed by atoms with van der Waals surface area (Å²) in [7, 11) is 0. The minimum absolute atomic E-state index is 0.0187. The number of ether oxygens (including phenoxy) is 1. The minimum Gasteiger partial charge on any atom is -0.490 e. The summed E-state index contributed by atoms with van der Waals surface area (Å²) in [6.45, 7) is 4.69. The average molecular weight is 664 g/mol. The Balaban J connectivity index is 0.976. The van der Waals surface area contributed by atoms with Gasteiger partial charge in [0.1, 0.15) is 17.4 Å². The van der Waals surface area contributed by atoms with Crippen molar-refractivity contribution >= 4 is 29.4 Å². The van der Waals surface area contributed by atoms with E-state index in [9.17, 15) is 27.6 Å². The molecule has 3 amide bonds. The Morgan fingerprint density at radius 3 is 2.72 bits per heavy atom. The first kappa shape index (κ1) is 32.5. The minimum atomic E-state index is -4.80. The number of fused-ring (bicyclic) bond motifs is 2. The molecule has 3 fully saturated rings. The molecule has 1 aromatic heterocycles. The highest BCUT2D eigenvalue weighted by Gasteiger charge is 2.45. The summed E-state index contributed by atoms with van der Waals surface area (Å²) in [6.07, 6.45) is 0.547. The van der Waals surface area contributed by atoms with Crippen molar-refractivity contribution in [2.45, 2.75) is 82.5 Å². The number of amides is 3. The molecule has 0 bridgehead atoms. The van der Waals surface area contributed by atoms with E-state index >= 15 is 0 Å². The van der Waals surface area contributed by atoms with E-state index in [4.69, 9.17) is 4.74 Å². The number of H-pyrrole nitrogens is 1. The lowest BCUT2D eigenvalue weighted by Gasteiger charge is -2.33. The molecule has 0 spiro atoms. The zero-order valence-corrected chi connectivity index (χ0v) is 26.6. The van der Waals surface area contributed by atoms with E-state index in [1.807, 2.05) is 40.0 Å². The Bertz CT molecular complexity index is 1480. The van der Waals surface area contributed by atoms with E-state index in [-0.39, 0.29) is 61.5 Å². The number of thioether (sulfide) groups is 1. The van der Waals surface area contributed by atoms with Gasteiger partial charge in [0.2, 0.25) is 5.91 Å². The first-order chi connectivity index (χ1) is 22.1. The number of urea groups is 1. The summed E-state index contributed by atoms with van der Waals surface area (Å²) in [5.74, 6) is 2.46. The zero-order valence-electron chi connectivity index (χ0n) is 25.8.